The second kappa shape index (κ2) is 6.70. The zero-order chi connectivity index (χ0) is 15.4. The molecule has 110 valence electrons. The van der Waals surface area contributed by atoms with E-state index in [-0.39, 0.29) is 22.7 Å². The van der Waals surface area contributed by atoms with Crippen molar-refractivity contribution in [3.8, 4) is 0 Å². The van der Waals surface area contributed by atoms with Crippen LogP contribution in [0.25, 0.3) is 0 Å². The van der Waals surface area contributed by atoms with E-state index >= 15 is 0 Å². The monoisotopic (exact) mass is 298 g/mol. The summed E-state index contributed by atoms with van der Waals surface area (Å²) in [6.07, 6.45) is -0.887. The number of amides is 1. The third kappa shape index (κ3) is 4.20. The fourth-order valence-corrected chi connectivity index (χ4v) is 2.07. The number of pyridine rings is 1. The summed E-state index contributed by atoms with van der Waals surface area (Å²) in [6.45, 7) is 8.71. The molecule has 0 aliphatic heterocycles. The van der Waals surface area contributed by atoms with Crippen molar-refractivity contribution in [2.75, 3.05) is 0 Å². The molecule has 1 rings (SSSR count). The SMILES string of the molecule is Cc1cc(C)c(C(=O)O[C@@H](C)C(=O)NC(C)C)c(Cl)n1. The smallest absolute Gasteiger partial charge is 0.342 e. The van der Waals surface area contributed by atoms with Crippen molar-refractivity contribution in [2.24, 2.45) is 0 Å². The van der Waals surface area contributed by atoms with Crippen LogP contribution in [0, 0.1) is 13.8 Å². The van der Waals surface area contributed by atoms with Crippen LogP contribution >= 0.6 is 11.6 Å². The Kier molecular flexibility index (Phi) is 5.51. The van der Waals surface area contributed by atoms with Crippen LogP contribution < -0.4 is 5.32 Å². The summed E-state index contributed by atoms with van der Waals surface area (Å²) >= 11 is 5.96. The Morgan fingerprint density at radius 2 is 1.90 bits per heavy atom. The molecule has 0 spiro atoms. The van der Waals surface area contributed by atoms with E-state index in [1.54, 1.807) is 19.9 Å². The molecule has 0 fully saturated rings. The summed E-state index contributed by atoms with van der Waals surface area (Å²) in [5.41, 5.74) is 1.58. The molecule has 0 unspecified atom stereocenters. The largest absolute Gasteiger partial charge is 0.449 e. The predicted molar refractivity (Wildman–Crippen MR) is 76.9 cm³/mol. The number of hydrogen-bond acceptors (Lipinski definition) is 4. The van der Waals surface area contributed by atoms with Crippen molar-refractivity contribution in [3.63, 3.8) is 0 Å². The van der Waals surface area contributed by atoms with E-state index in [2.05, 4.69) is 10.3 Å². The van der Waals surface area contributed by atoms with E-state index in [0.29, 0.717) is 5.56 Å². The number of nitrogens with zero attached hydrogens (tertiary/aromatic N) is 1. The molecule has 1 amide bonds. The van der Waals surface area contributed by atoms with Gasteiger partial charge in [0, 0.05) is 11.7 Å². The maximum atomic E-state index is 12.1. The van der Waals surface area contributed by atoms with Gasteiger partial charge in [-0.25, -0.2) is 9.78 Å². The van der Waals surface area contributed by atoms with Crippen LogP contribution in [-0.2, 0) is 9.53 Å². The van der Waals surface area contributed by atoms with Crippen molar-refractivity contribution in [1.82, 2.24) is 10.3 Å². The number of halogens is 1. The van der Waals surface area contributed by atoms with Crippen LogP contribution in [-0.4, -0.2) is 29.0 Å². The highest BCUT2D eigenvalue weighted by Crippen LogP contribution is 2.20. The van der Waals surface area contributed by atoms with E-state index in [1.165, 1.54) is 6.92 Å². The van der Waals surface area contributed by atoms with Gasteiger partial charge < -0.3 is 10.1 Å². The van der Waals surface area contributed by atoms with Gasteiger partial charge in [-0.3, -0.25) is 4.79 Å². The second-order valence-electron chi connectivity index (χ2n) is 4.96. The molecule has 0 aliphatic rings. The first kappa shape index (κ1) is 16.4. The van der Waals surface area contributed by atoms with Crippen LogP contribution in [0.2, 0.25) is 5.15 Å². The average molecular weight is 299 g/mol. The lowest BCUT2D eigenvalue weighted by molar-refractivity contribution is -0.129. The summed E-state index contributed by atoms with van der Waals surface area (Å²) < 4.78 is 5.13. The van der Waals surface area contributed by atoms with Gasteiger partial charge in [0.2, 0.25) is 0 Å². The van der Waals surface area contributed by atoms with Crippen molar-refractivity contribution in [2.45, 2.75) is 46.8 Å². The van der Waals surface area contributed by atoms with E-state index < -0.39 is 12.1 Å². The minimum atomic E-state index is -0.887. The number of aromatic nitrogens is 1. The Balaban J connectivity index is 2.84. The molecule has 1 N–H and O–H groups in total. The van der Waals surface area contributed by atoms with Crippen LogP contribution in [0.1, 0.15) is 42.4 Å². The first-order valence-electron chi connectivity index (χ1n) is 6.37. The lowest BCUT2D eigenvalue weighted by Crippen LogP contribution is -2.39. The zero-order valence-corrected chi connectivity index (χ0v) is 13.0. The van der Waals surface area contributed by atoms with Crippen LogP contribution in [0.15, 0.2) is 6.07 Å². The van der Waals surface area contributed by atoms with E-state index in [9.17, 15) is 9.59 Å². The zero-order valence-electron chi connectivity index (χ0n) is 12.3. The second-order valence-corrected chi connectivity index (χ2v) is 5.32. The summed E-state index contributed by atoms with van der Waals surface area (Å²) in [5.74, 6) is -0.992. The van der Waals surface area contributed by atoms with Gasteiger partial charge in [-0.05, 0) is 46.2 Å². The van der Waals surface area contributed by atoms with Crippen molar-refractivity contribution in [3.05, 3.63) is 28.0 Å². The Morgan fingerprint density at radius 1 is 1.30 bits per heavy atom. The Bertz CT molecular complexity index is 506. The third-order valence-corrected chi connectivity index (χ3v) is 2.86. The highest BCUT2D eigenvalue weighted by Gasteiger charge is 2.23. The third-order valence-electron chi connectivity index (χ3n) is 2.59. The number of carbonyl (C=O) groups is 2. The lowest BCUT2D eigenvalue weighted by atomic mass is 10.1. The highest BCUT2D eigenvalue weighted by molar-refractivity contribution is 6.32. The van der Waals surface area contributed by atoms with E-state index in [0.717, 1.165) is 5.69 Å². The van der Waals surface area contributed by atoms with Crippen molar-refractivity contribution >= 4 is 23.5 Å². The van der Waals surface area contributed by atoms with Gasteiger partial charge in [0.25, 0.3) is 5.91 Å². The molecule has 0 aliphatic carbocycles. The summed E-state index contributed by atoms with van der Waals surface area (Å²) in [6, 6.07) is 1.72. The molecule has 0 saturated carbocycles. The number of ether oxygens (including phenoxy) is 1. The molecule has 1 aromatic rings. The minimum Gasteiger partial charge on any atom is -0.449 e. The number of hydrogen-bond donors (Lipinski definition) is 1. The van der Waals surface area contributed by atoms with Crippen molar-refractivity contribution < 1.29 is 14.3 Å². The first-order chi connectivity index (χ1) is 9.22. The van der Waals surface area contributed by atoms with Gasteiger partial charge in [-0.15, -0.1) is 0 Å². The number of aryl methyl sites for hydroxylation is 2. The Morgan fingerprint density at radius 3 is 2.40 bits per heavy atom. The van der Waals surface area contributed by atoms with Crippen LogP contribution in [0.3, 0.4) is 0 Å². The molecule has 0 aromatic carbocycles. The topological polar surface area (TPSA) is 68.3 Å². The number of carbonyl (C=O) groups excluding carboxylic acids is 2. The highest BCUT2D eigenvalue weighted by atomic mass is 35.5. The maximum absolute atomic E-state index is 12.1. The van der Waals surface area contributed by atoms with E-state index in [1.807, 2.05) is 13.8 Å². The van der Waals surface area contributed by atoms with Gasteiger partial charge in [-0.2, -0.15) is 0 Å². The molecular weight excluding hydrogens is 280 g/mol. The average Bonchev–Trinajstić information content (AvgIpc) is 2.25. The van der Waals surface area contributed by atoms with Crippen LogP contribution in [0.4, 0.5) is 0 Å². The van der Waals surface area contributed by atoms with Gasteiger partial charge in [0.05, 0.1) is 5.56 Å². The molecule has 0 saturated heterocycles. The lowest BCUT2D eigenvalue weighted by Gasteiger charge is -2.16. The van der Waals surface area contributed by atoms with Crippen LogP contribution in [0.5, 0.6) is 0 Å². The normalized spacial score (nSPS) is 12.2. The molecule has 20 heavy (non-hydrogen) atoms. The molecule has 0 bridgehead atoms. The number of nitrogens with one attached hydrogen (secondary N) is 1. The predicted octanol–water partition coefficient (Wildman–Crippen LogP) is 2.42. The number of esters is 1. The van der Waals surface area contributed by atoms with E-state index in [4.69, 9.17) is 16.3 Å². The quantitative estimate of drug-likeness (QED) is 0.685. The summed E-state index contributed by atoms with van der Waals surface area (Å²) in [5, 5.41) is 2.76. The Labute approximate surface area is 123 Å². The summed E-state index contributed by atoms with van der Waals surface area (Å²) in [4.78, 5) is 27.8. The molecule has 0 radical (unpaired) electrons. The first-order valence-corrected chi connectivity index (χ1v) is 6.75. The molecule has 1 atom stereocenters. The standard InChI is InChI=1S/C14H19ClN2O3/c1-7(2)16-13(18)10(5)20-14(19)11-8(3)6-9(4)17-12(11)15/h6-7,10H,1-5H3,(H,16,18)/t10-/m0/s1. The molecule has 6 heteroatoms. The molecule has 1 aromatic heterocycles. The van der Waals surface area contributed by atoms with Gasteiger partial charge in [-0.1, -0.05) is 11.6 Å². The number of rotatable bonds is 4. The molecule has 5 nitrogen and oxygen atoms in total. The molecule has 1 heterocycles. The fourth-order valence-electron chi connectivity index (χ4n) is 1.71. The maximum Gasteiger partial charge on any atom is 0.342 e. The molecular formula is C14H19ClN2O3. The van der Waals surface area contributed by atoms with Gasteiger partial charge in [0.1, 0.15) is 5.15 Å². The van der Waals surface area contributed by atoms with Crippen molar-refractivity contribution in [1.29, 1.82) is 0 Å². The van der Waals surface area contributed by atoms with Gasteiger partial charge >= 0.3 is 5.97 Å². The minimum absolute atomic E-state index is 0.0185. The summed E-state index contributed by atoms with van der Waals surface area (Å²) in [7, 11) is 0. The fraction of sp³-hybridized carbons (Fsp3) is 0.500. The van der Waals surface area contributed by atoms with Gasteiger partial charge in [0.15, 0.2) is 6.10 Å². The Hall–Kier alpha value is -1.62.